The summed E-state index contributed by atoms with van der Waals surface area (Å²) < 4.78 is 40.7. The maximum absolute atomic E-state index is 12.6. The van der Waals surface area contributed by atoms with Crippen LogP contribution in [0.2, 0.25) is 0 Å². The van der Waals surface area contributed by atoms with Crippen LogP contribution in [0, 0.1) is 13.8 Å². The molecule has 0 radical (unpaired) electrons. The summed E-state index contributed by atoms with van der Waals surface area (Å²) >= 11 is 3.09. The molecule has 0 aliphatic heterocycles. The van der Waals surface area contributed by atoms with Gasteiger partial charge in [0, 0.05) is 18.0 Å². The predicted octanol–water partition coefficient (Wildman–Crippen LogP) is 3.43. The van der Waals surface area contributed by atoms with Crippen LogP contribution in [0.5, 0.6) is 0 Å². The van der Waals surface area contributed by atoms with Crippen LogP contribution in [-0.2, 0) is 6.54 Å². The highest BCUT2D eigenvalue weighted by Gasteiger charge is 2.29. The Morgan fingerprint density at radius 3 is 2.62 bits per heavy atom. The van der Waals surface area contributed by atoms with Gasteiger partial charge in [-0.15, -0.1) is 5.10 Å². The number of halogens is 4. The number of aromatic nitrogens is 6. The van der Waals surface area contributed by atoms with E-state index in [2.05, 4.69) is 36.0 Å². The lowest BCUT2D eigenvalue weighted by Gasteiger charge is -2.08. The summed E-state index contributed by atoms with van der Waals surface area (Å²) in [5, 5.41) is 4.28. The highest BCUT2D eigenvalue weighted by Crippen LogP contribution is 2.21. The molecule has 0 aliphatic rings. The summed E-state index contributed by atoms with van der Waals surface area (Å²) in [5.41, 5.74) is 1.51. The number of aryl methyl sites for hydroxylation is 2. The zero-order valence-corrected chi connectivity index (χ0v) is 14.3. The Labute approximate surface area is 143 Å². The van der Waals surface area contributed by atoms with Crippen molar-refractivity contribution in [3.05, 3.63) is 40.0 Å². The molecule has 126 valence electrons. The van der Waals surface area contributed by atoms with Gasteiger partial charge >= 0.3 is 6.18 Å². The first-order valence-corrected chi connectivity index (χ1v) is 7.69. The number of rotatable bonds is 3. The van der Waals surface area contributed by atoms with Crippen LogP contribution < -0.4 is 0 Å². The van der Waals surface area contributed by atoms with Gasteiger partial charge in [-0.3, -0.25) is 0 Å². The van der Waals surface area contributed by atoms with Crippen LogP contribution in [0.4, 0.5) is 13.2 Å². The maximum atomic E-state index is 12.6. The molecular weight excluding hydrogens is 389 g/mol. The second-order valence-corrected chi connectivity index (χ2v) is 6.00. The van der Waals surface area contributed by atoms with Gasteiger partial charge in [0.25, 0.3) is 0 Å². The summed E-state index contributed by atoms with van der Waals surface area (Å²) in [4.78, 5) is 12.6. The van der Waals surface area contributed by atoms with Crippen molar-refractivity contribution in [1.82, 2.24) is 29.1 Å². The first-order chi connectivity index (χ1) is 11.2. The van der Waals surface area contributed by atoms with E-state index >= 15 is 0 Å². The Kier molecular flexibility index (Phi) is 4.16. The molecule has 0 spiro atoms. The minimum absolute atomic E-state index is 0.157. The van der Waals surface area contributed by atoms with Crippen LogP contribution in [0.15, 0.2) is 17.0 Å². The van der Waals surface area contributed by atoms with E-state index < -0.39 is 12.7 Å². The fraction of sp³-hybridized carbons (Fsp3) is 0.286. The van der Waals surface area contributed by atoms with Gasteiger partial charge in [0.05, 0.1) is 0 Å². The second-order valence-electron chi connectivity index (χ2n) is 5.19. The third-order valence-corrected chi connectivity index (χ3v) is 3.62. The minimum atomic E-state index is -4.33. The molecule has 0 unspecified atom stereocenters. The third-order valence-electron chi connectivity index (χ3n) is 3.24. The summed E-state index contributed by atoms with van der Waals surface area (Å²) in [6.07, 6.45) is 1.61. The summed E-state index contributed by atoms with van der Waals surface area (Å²) in [5.74, 6) is 1.19. The monoisotopic (exact) mass is 400 g/mol. The molecule has 0 amide bonds. The first-order valence-electron chi connectivity index (χ1n) is 6.89. The molecule has 0 bridgehead atoms. The van der Waals surface area contributed by atoms with Gasteiger partial charge in [-0.25, -0.2) is 15.0 Å². The van der Waals surface area contributed by atoms with E-state index in [0.717, 1.165) is 10.1 Å². The average molecular weight is 401 g/mol. The van der Waals surface area contributed by atoms with Gasteiger partial charge in [0.2, 0.25) is 0 Å². The number of fused-ring (bicyclic) bond motifs is 1. The van der Waals surface area contributed by atoms with E-state index in [-0.39, 0.29) is 5.82 Å². The molecule has 3 aromatic rings. The van der Waals surface area contributed by atoms with Gasteiger partial charge in [-0.1, -0.05) is 0 Å². The number of alkyl halides is 3. The van der Waals surface area contributed by atoms with Crippen LogP contribution in [0.25, 0.3) is 17.8 Å². The predicted molar refractivity (Wildman–Crippen MR) is 85.2 cm³/mol. The van der Waals surface area contributed by atoms with Crippen molar-refractivity contribution in [2.45, 2.75) is 26.6 Å². The smallest absolute Gasteiger partial charge is 0.321 e. The molecular formula is C14H12BrF3N6. The Morgan fingerprint density at radius 1 is 1.21 bits per heavy atom. The summed E-state index contributed by atoms with van der Waals surface area (Å²) in [7, 11) is 0. The van der Waals surface area contributed by atoms with E-state index in [9.17, 15) is 13.2 Å². The molecule has 6 nitrogen and oxygen atoms in total. The number of hydrogen-bond donors (Lipinski definition) is 0. The molecule has 0 aromatic carbocycles. The van der Waals surface area contributed by atoms with Gasteiger partial charge in [0.1, 0.15) is 22.8 Å². The van der Waals surface area contributed by atoms with E-state index in [1.807, 2.05) is 6.92 Å². The van der Waals surface area contributed by atoms with Crippen molar-refractivity contribution in [2.24, 2.45) is 0 Å². The highest BCUT2D eigenvalue weighted by atomic mass is 79.9. The number of nitrogens with zero attached hydrogens (tertiary/aromatic N) is 6. The Balaban J connectivity index is 1.94. The van der Waals surface area contributed by atoms with Crippen LogP contribution >= 0.6 is 15.9 Å². The Morgan fingerprint density at radius 2 is 1.96 bits per heavy atom. The van der Waals surface area contributed by atoms with Gasteiger partial charge in [-0.2, -0.15) is 17.7 Å². The summed E-state index contributed by atoms with van der Waals surface area (Å²) in [6, 6.07) is 0. The molecule has 0 aliphatic carbocycles. The zero-order chi connectivity index (χ0) is 17.5. The SMILES string of the molecule is Cc1cnc(C)n2nc(/C=C/c3nc(Br)cn3CC(F)(F)F)nc12. The Bertz CT molecular complexity index is 886. The molecule has 3 aromatic heterocycles. The average Bonchev–Trinajstić information content (AvgIpc) is 3.04. The van der Waals surface area contributed by atoms with Gasteiger partial charge in [-0.05, 0) is 41.9 Å². The molecule has 24 heavy (non-hydrogen) atoms. The normalized spacial score (nSPS) is 12.6. The molecule has 10 heteroatoms. The van der Waals surface area contributed by atoms with E-state index in [1.165, 1.54) is 18.3 Å². The molecule has 0 fully saturated rings. The van der Waals surface area contributed by atoms with Crippen molar-refractivity contribution >= 4 is 33.7 Å². The lowest BCUT2D eigenvalue weighted by Crippen LogP contribution is -2.17. The number of hydrogen-bond acceptors (Lipinski definition) is 4. The topological polar surface area (TPSA) is 60.9 Å². The van der Waals surface area contributed by atoms with Gasteiger partial charge < -0.3 is 4.57 Å². The van der Waals surface area contributed by atoms with E-state index in [1.54, 1.807) is 17.6 Å². The van der Waals surface area contributed by atoms with Crippen molar-refractivity contribution in [3.63, 3.8) is 0 Å². The van der Waals surface area contributed by atoms with Crippen molar-refractivity contribution < 1.29 is 13.2 Å². The lowest BCUT2D eigenvalue weighted by molar-refractivity contribution is -0.140. The zero-order valence-electron chi connectivity index (χ0n) is 12.7. The molecule has 0 saturated carbocycles. The van der Waals surface area contributed by atoms with Crippen LogP contribution in [0.1, 0.15) is 23.0 Å². The third kappa shape index (κ3) is 3.48. The standard InChI is InChI=1S/C14H12BrF3N6/c1-8-5-19-9(2)24-13(8)21-11(22-24)3-4-12-20-10(15)6-23(12)7-14(16,17)18/h3-6H,7H2,1-2H3/b4-3+. The van der Waals surface area contributed by atoms with Crippen molar-refractivity contribution in [1.29, 1.82) is 0 Å². The van der Waals surface area contributed by atoms with E-state index in [4.69, 9.17) is 0 Å². The molecule has 0 atom stereocenters. The quantitative estimate of drug-likeness (QED) is 0.675. The van der Waals surface area contributed by atoms with Crippen LogP contribution in [-0.4, -0.2) is 35.3 Å². The van der Waals surface area contributed by atoms with E-state index in [0.29, 0.717) is 21.9 Å². The molecule has 0 saturated heterocycles. The first kappa shape index (κ1) is 16.6. The maximum Gasteiger partial charge on any atom is 0.406 e. The second kappa shape index (κ2) is 6.00. The largest absolute Gasteiger partial charge is 0.406 e. The lowest BCUT2D eigenvalue weighted by atomic mass is 10.3. The highest BCUT2D eigenvalue weighted by molar-refractivity contribution is 9.10. The van der Waals surface area contributed by atoms with Crippen molar-refractivity contribution in [3.8, 4) is 0 Å². The molecule has 3 rings (SSSR count). The molecule has 0 N–H and O–H groups in total. The summed E-state index contributed by atoms with van der Waals surface area (Å²) in [6.45, 7) is 2.53. The fourth-order valence-corrected chi connectivity index (χ4v) is 2.61. The van der Waals surface area contributed by atoms with Crippen LogP contribution in [0.3, 0.4) is 0 Å². The minimum Gasteiger partial charge on any atom is -0.321 e. The Hall–Kier alpha value is -2.23. The molecule has 3 heterocycles. The fourth-order valence-electron chi connectivity index (χ4n) is 2.18. The van der Waals surface area contributed by atoms with Crippen molar-refractivity contribution in [2.75, 3.05) is 0 Å². The van der Waals surface area contributed by atoms with Gasteiger partial charge in [0.15, 0.2) is 11.5 Å². The number of imidazole rings is 1.